The second-order valence-corrected chi connectivity index (χ2v) is 24.8. The first-order chi connectivity index (χ1) is 42.6. The van der Waals surface area contributed by atoms with Gasteiger partial charge in [-0.2, -0.15) is 0 Å². The summed E-state index contributed by atoms with van der Waals surface area (Å²) in [6.45, 7) is 20.7. The molecular weight excluding hydrogens is 1150 g/mol. The van der Waals surface area contributed by atoms with Crippen LogP contribution in [-0.4, -0.2) is 120 Å². The smallest absolute Gasteiger partial charge is 0.408 e. The van der Waals surface area contributed by atoms with Crippen molar-refractivity contribution in [1.29, 1.82) is 0 Å². The third-order valence-electron chi connectivity index (χ3n) is 14.3. The minimum Gasteiger partial charge on any atom is -0.459 e. The van der Waals surface area contributed by atoms with Gasteiger partial charge in [-0.3, -0.25) is 38.4 Å². The summed E-state index contributed by atoms with van der Waals surface area (Å²) in [6, 6.07) is 28.3. The van der Waals surface area contributed by atoms with E-state index in [1.807, 2.05) is 95.3 Å². The Bertz CT molecular complexity index is 2940. The minimum atomic E-state index is -1.42. The lowest BCUT2D eigenvalue weighted by Crippen LogP contribution is -2.62. The molecule has 0 unspecified atom stereocenters. The second kappa shape index (κ2) is 37.4. The summed E-state index contributed by atoms with van der Waals surface area (Å²) >= 11 is 0. The molecule has 0 fully saturated rings. The predicted octanol–water partition coefficient (Wildman–Crippen LogP) is 6.00. The molecule has 0 aliphatic rings. The molecule has 22 nitrogen and oxygen atoms in total. The number of alkyl carbamates (subject to hydrolysis) is 1. The molecule has 490 valence electrons. The van der Waals surface area contributed by atoms with E-state index in [0.717, 1.165) is 11.1 Å². The van der Waals surface area contributed by atoms with Crippen molar-refractivity contribution in [2.24, 2.45) is 23.7 Å². The lowest BCUT2D eigenvalue weighted by molar-refractivity contribution is -0.150. The van der Waals surface area contributed by atoms with E-state index in [1.54, 1.807) is 109 Å². The Labute approximate surface area is 530 Å². The molecule has 0 saturated heterocycles. The van der Waals surface area contributed by atoms with E-state index < -0.39 is 132 Å². The summed E-state index contributed by atoms with van der Waals surface area (Å²) < 4.78 is 17.1. The van der Waals surface area contributed by atoms with Gasteiger partial charge in [0.15, 0.2) is 0 Å². The molecule has 0 bridgehead atoms. The number of nitrogens with one attached hydrogen (secondary N) is 9. The zero-order valence-corrected chi connectivity index (χ0v) is 54.1. The summed E-state index contributed by atoms with van der Waals surface area (Å²) in [5.74, 6) is -7.76. The van der Waals surface area contributed by atoms with Gasteiger partial charge in [0, 0.05) is 12.8 Å². The number of carbonyl (C=O) groups is 10. The SMILES string of the molecule is CC[C@H](C)[C@H](NC(=O)CNC(=O)OC(C)(C)C)C(=O)N[C@@H](CC(C)C)NC(=O)CC(=O)N[C@@H](Cc1ccccc1)C(=O)N[C@H](C(=O)N[C@@H](Cc1ccccc1)C(=O)N[C@H](C(=O)N[C@@H](CC(C)C)C(=O)OCc1ccccc1)[C@@H](C)OCc1ccccc1)C(C)C. The number of esters is 1. The van der Waals surface area contributed by atoms with Gasteiger partial charge in [0.05, 0.1) is 12.7 Å². The lowest BCUT2D eigenvalue weighted by Gasteiger charge is -2.30. The van der Waals surface area contributed by atoms with Crippen LogP contribution in [0.2, 0.25) is 0 Å². The maximum atomic E-state index is 14.9. The van der Waals surface area contributed by atoms with E-state index in [4.69, 9.17) is 14.2 Å². The molecule has 0 aliphatic carbocycles. The Morgan fingerprint density at radius 3 is 1.38 bits per heavy atom. The van der Waals surface area contributed by atoms with Gasteiger partial charge in [-0.25, -0.2) is 9.59 Å². The van der Waals surface area contributed by atoms with Crippen molar-refractivity contribution in [3.05, 3.63) is 144 Å². The number of hydrogen-bond donors (Lipinski definition) is 9. The van der Waals surface area contributed by atoms with Crippen molar-refractivity contribution in [3.63, 3.8) is 0 Å². The third-order valence-corrected chi connectivity index (χ3v) is 14.3. The first-order valence-corrected chi connectivity index (χ1v) is 30.9. The van der Waals surface area contributed by atoms with Gasteiger partial charge in [-0.05, 0) is 86.5 Å². The normalized spacial score (nSPS) is 14.3. The maximum absolute atomic E-state index is 14.9. The summed E-state index contributed by atoms with van der Waals surface area (Å²) in [5.41, 5.74) is 2.03. The van der Waals surface area contributed by atoms with Crippen molar-refractivity contribution in [3.8, 4) is 0 Å². The number of ether oxygens (including phenoxy) is 3. The molecule has 90 heavy (non-hydrogen) atoms. The quantitative estimate of drug-likeness (QED) is 0.0145. The summed E-state index contributed by atoms with van der Waals surface area (Å²) in [5, 5.41) is 24.5. The largest absolute Gasteiger partial charge is 0.459 e. The molecule has 0 aromatic heterocycles. The van der Waals surface area contributed by atoms with Crippen molar-refractivity contribution in [1.82, 2.24) is 47.9 Å². The molecule has 4 aromatic carbocycles. The van der Waals surface area contributed by atoms with Crippen LogP contribution in [-0.2, 0) is 83.4 Å². The predicted molar refractivity (Wildman–Crippen MR) is 341 cm³/mol. The number of hydrogen-bond acceptors (Lipinski definition) is 13. The first-order valence-electron chi connectivity index (χ1n) is 30.9. The summed E-state index contributed by atoms with van der Waals surface area (Å²) in [7, 11) is 0. The van der Waals surface area contributed by atoms with Crippen LogP contribution >= 0.6 is 0 Å². The maximum Gasteiger partial charge on any atom is 0.408 e. The lowest BCUT2D eigenvalue weighted by atomic mass is 9.97. The van der Waals surface area contributed by atoms with Gasteiger partial charge in [-0.15, -0.1) is 0 Å². The highest BCUT2D eigenvalue weighted by Gasteiger charge is 2.37. The van der Waals surface area contributed by atoms with Crippen molar-refractivity contribution < 1.29 is 62.2 Å². The molecule has 0 radical (unpaired) electrons. The average Bonchev–Trinajstić information content (AvgIpc) is 2.28. The number of carbonyl (C=O) groups excluding carboxylic acids is 10. The Hall–Kier alpha value is -8.66. The molecule has 0 heterocycles. The summed E-state index contributed by atoms with van der Waals surface area (Å²) in [6.07, 6.45) is -2.78. The fraction of sp³-hybridized carbons (Fsp3) is 0.500. The monoisotopic (exact) mass is 1250 g/mol. The molecule has 0 spiro atoms. The van der Waals surface area contributed by atoms with Crippen LogP contribution in [0.15, 0.2) is 121 Å². The van der Waals surface area contributed by atoms with Gasteiger partial charge >= 0.3 is 12.1 Å². The number of rotatable bonds is 35. The molecule has 9 N–H and O–H groups in total. The zero-order valence-electron chi connectivity index (χ0n) is 54.1. The Morgan fingerprint density at radius 1 is 0.444 bits per heavy atom. The standard InChI is InChI=1S/C68H95N9O13/c1-13-45(8)59(75-57(80)39-69-67(87)90-68(10,11)12)64(84)74-54(35-43(4)5)73-56(79)38-55(78)70-51(36-47-26-18-14-19-27-47)61(81)76-58(44(6)7)63(83)71-52(37-48-28-20-15-21-29-48)62(82)77-60(46(9)88-40-49-30-22-16-23-31-49)65(85)72-53(34-42(2)3)66(86)89-41-50-32-24-17-25-33-50/h14-33,42-46,51-54,58-60H,13,34-41H2,1-12H3,(H,69,87)(H,70,78)(H,71,83)(H,72,85)(H,73,79)(H,74,84)(H,75,80)(H,76,81)(H,77,82)/t45-,46+,51-,52-,53-,54-,58-,59-,60-/m0/s1. The molecule has 4 aromatic rings. The fourth-order valence-corrected chi connectivity index (χ4v) is 9.41. The van der Waals surface area contributed by atoms with Crippen molar-refractivity contribution in [2.75, 3.05) is 6.54 Å². The topological polar surface area (TPSA) is 307 Å². The highest BCUT2D eigenvalue weighted by atomic mass is 16.6. The molecule has 22 heteroatoms. The van der Waals surface area contributed by atoms with E-state index in [9.17, 15) is 47.9 Å². The van der Waals surface area contributed by atoms with E-state index in [-0.39, 0.29) is 56.7 Å². The van der Waals surface area contributed by atoms with E-state index in [2.05, 4.69) is 47.9 Å². The van der Waals surface area contributed by atoms with Gasteiger partial charge in [0.25, 0.3) is 0 Å². The van der Waals surface area contributed by atoms with Crippen LogP contribution < -0.4 is 47.9 Å². The zero-order chi connectivity index (χ0) is 66.5. The van der Waals surface area contributed by atoms with Gasteiger partial charge in [0.2, 0.25) is 47.3 Å². The molecule has 0 aliphatic heterocycles. The molecule has 9 atom stereocenters. The van der Waals surface area contributed by atoms with E-state index >= 15 is 0 Å². The first kappa shape index (κ1) is 73.8. The van der Waals surface area contributed by atoms with Gasteiger partial charge in [0.1, 0.15) is 67.6 Å². The van der Waals surface area contributed by atoms with Crippen molar-refractivity contribution in [2.45, 2.75) is 189 Å². The molecule has 0 saturated carbocycles. The van der Waals surface area contributed by atoms with Crippen LogP contribution in [0.5, 0.6) is 0 Å². The fourth-order valence-electron chi connectivity index (χ4n) is 9.41. The molecular formula is C68H95N9O13. The van der Waals surface area contributed by atoms with Crippen LogP contribution in [0.1, 0.15) is 131 Å². The minimum absolute atomic E-state index is 0.0312. The van der Waals surface area contributed by atoms with E-state index in [0.29, 0.717) is 17.5 Å². The Kier molecular flexibility index (Phi) is 30.6. The van der Waals surface area contributed by atoms with E-state index in [1.165, 1.54) is 0 Å². The van der Waals surface area contributed by atoms with Gasteiger partial charge in [-0.1, -0.05) is 183 Å². The summed E-state index contributed by atoms with van der Waals surface area (Å²) in [4.78, 5) is 139. The third kappa shape index (κ3) is 27.4. The van der Waals surface area contributed by atoms with Crippen LogP contribution in [0.4, 0.5) is 4.79 Å². The van der Waals surface area contributed by atoms with Crippen LogP contribution in [0.3, 0.4) is 0 Å². The average molecular weight is 1250 g/mol. The Balaban J connectivity index is 1.56. The van der Waals surface area contributed by atoms with Crippen molar-refractivity contribution >= 4 is 59.3 Å². The molecule has 4 rings (SSSR count). The number of benzene rings is 4. The molecule has 9 amide bonds. The van der Waals surface area contributed by atoms with Crippen LogP contribution in [0, 0.1) is 23.7 Å². The highest BCUT2D eigenvalue weighted by molar-refractivity contribution is 6.00. The number of amides is 9. The Morgan fingerprint density at radius 2 is 0.889 bits per heavy atom. The highest BCUT2D eigenvalue weighted by Crippen LogP contribution is 2.16. The second-order valence-electron chi connectivity index (χ2n) is 24.8. The van der Waals surface area contributed by atoms with Crippen LogP contribution in [0.25, 0.3) is 0 Å². The van der Waals surface area contributed by atoms with Gasteiger partial charge < -0.3 is 62.1 Å².